The maximum Gasteiger partial charge on any atom is 0.327 e. The van der Waals surface area contributed by atoms with E-state index in [1.165, 1.54) is 0 Å². The van der Waals surface area contributed by atoms with E-state index in [9.17, 15) is 14.4 Å². The molecule has 2 aromatic heterocycles. The van der Waals surface area contributed by atoms with Crippen molar-refractivity contribution in [3.8, 4) is 0 Å². The Labute approximate surface area is 143 Å². The van der Waals surface area contributed by atoms with Crippen LogP contribution in [0.15, 0.2) is 45.4 Å². The van der Waals surface area contributed by atoms with Crippen molar-refractivity contribution in [2.24, 2.45) is 5.41 Å². The number of anilines is 1. The second-order valence-corrected chi connectivity index (χ2v) is 7.37. The summed E-state index contributed by atoms with van der Waals surface area (Å²) in [7, 11) is 0. The van der Waals surface area contributed by atoms with E-state index in [-0.39, 0.29) is 11.2 Å². The van der Waals surface area contributed by atoms with Crippen molar-refractivity contribution in [2.45, 2.75) is 32.6 Å². The van der Waals surface area contributed by atoms with Gasteiger partial charge in [-0.25, -0.2) is 4.79 Å². The molecule has 4 rings (SSSR count). The van der Waals surface area contributed by atoms with Gasteiger partial charge in [-0.1, -0.05) is 13.8 Å². The van der Waals surface area contributed by atoms with Crippen LogP contribution >= 0.6 is 0 Å². The number of nitrogens with zero attached hydrogens (tertiary/aromatic N) is 1. The minimum absolute atomic E-state index is 0.0248. The molecular formula is C18H18N4O3. The Kier molecular flexibility index (Phi) is 3.28. The number of ketones is 1. The second kappa shape index (κ2) is 5.27. The zero-order valence-electron chi connectivity index (χ0n) is 14.0. The van der Waals surface area contributed by atoms with Crippen LogP contribution in [0.2, 0.25) is 0 Å². The van der Waals surface area contributed by atoms with E-state index >= 15 is 0 Å². The van der Waals surface area contributed by atoms with Gasteiger partial charge in [-0.2, -0.15) is 0 Å². The summed E-state index contributed by atoms with van der Waals surface area (Å²) in [5, 5.41) is 3.13. The van der Waals surface area contributed by atoms with Gasteiger partial charge >= 0.3 is 5.69 Å². The fraction of sp³-hybridized carbons (Fsp3) is 0.333. The van der Waals surface area contributed by atoms with Crippen molar-refractivity contribution < 1.29 is 4.79 Å². The van der Waals surface area contributed by atoms with Crippen LogP contribution in [0.4, 0.5) is 5.82 Å². The number of aromatic amines is 2. The molecule has 0 radical (unpaired) electrons. The quantitative estimate of drug-likeness (QED) is 0.733. The van der Waals surface area contributed by atoms with Gasteiger partial charge in [-0.05, 0) is 29.5 Å². The number of rotatable bonds is 1. The van der Waals surface area contributed by atoms with Crippen molar-refractivity contribution in [2.75, 3.05) is 5.32 Å². The average Bonchev–Trinajstić information content (AvgIpc) is 2.52. The summed E-state index contributed by atoms with van der Waals surface area (Å²) in [5.74, 6) is -0.130. The molecule has 0 saturated heterocycles. The molecule has 0 amide bonds. The number of allylic oxidation sites excluding steroid dienone is 2. The molecule has 2 aromatic rings. The first kappa shape index (κ1) is 15.6. The molecule has 7 nitrogen and oxygen atoms in total. The van der Waals surface area contributed by atoms with E-state index in [1.54, 1.807) is 24.5 Å². The van der Waals surface area contributed by atoms with Gasteiger partial charge in [0.2, 0.25) is 0 Å². The lowest BCUT2D eigenvalue weighted by Crippen LogP contribution is -2.38. The monoisotopic (exact) mass is 338 g/mol. The number of pyridine rings is 1. The standard InChI is InChI=1S/C18H18N4O3/c1-18(2)7-10-13(11(23)8-18)12(9-3-5-19-6-4-9)14-15(20-10)21-17(25)22-16(14)24/h3-6,12H,7-8H2,1-2H3,(H3,20,21,22,24,25)/t12-/m1/s1. The predicted molar refractivity (Wildman–Crippen MR) is 92.4 cm³/mol. The smallest absolute Gasteiger partial charge is 0.327 e. The van der Waals surface area contributed by atoms with E-state index in [0.717, 1.165) is 11.3 Å². The van der Waals surface area contributed by atoms with Gasteiger partial charge < -0.3 is 5.32 Å². The summed E-state index contributed by atoms with van der Waals surface area (Å²) in [6, 6.07) is 3.59. The number of Topliss-reactive ketones (excluding diaryl/α,β-unsaturated/α-hetero) is 1. The summed E-state index contributed by atoms with van der Waals surface area (Å²) in [4.78, 5) is 46.1. The largest absolute Gasteiger partial charge is 0.344 e. The minimum atomic E-state index is -0.574. The number of carbonyl (C=O) groups excluding carboxylic acids is 1. The molecule has 0 aromatic carbocycles. The highest BCUT2D eigenvalue weighted by atomic mass is 16.2. The third-order valence-corrected chi connectivity index (χ3v) is 4.79. The SMILES string of the molecule is CC1(C)CC(=O)C2=C(C1)Nc1[nH]c(=O)[nH]c(=O)c1[C@@H]2c1ccncc1. The Bertz CT molecular complexity index is 1010. The summed E-state index contributed by atoms with van der Waals surface area (Å²) in [5.41, 5.74) is 1.30. The first-order valence-electron chi connectivity index (χ1n) is 8.15. The van der Waals surface area contributed by atoms with E-state index in [0.29, 0.717) is 29.8 Å². The summed E-state index contributed by atoms with van der Waals surface area (Å²) in [6.45, 7) is 4.07. The zero-order valence-corrected chi connectivity index (χ0v) is 14.0. The van der Waals surface area contributed by atoms with Crippen molar-refractivity contribution in [3.63, 3.8) is 0 Å². The highest BCUT2D eigenvalue weighted by Crippen LogP contribution is 2.47. The molecule has 25 heavy (non-hydrogen) atoms. The number of H-pyrrole nitrogens is 2. The molecule has 0 fully saturated rings. The Morgan fingerprint density at radius 3 is 2.52 bits per heavy atom. The van der Waals surface area contributed by atoms with Gasteiger partial charge in [0.1, 0.15) is 5.82 Å². The van der Waals surface area contributed by atoms with E-state index in [2.05, 4.69) is 20.3 Å². The molecule has 0 bridgehead atoms. The van der Waals surface area contributed by atoms with Crippen LogP contribution in [0.3, 0.4) is 0 Å². The van der Waals surface area contributed by atoms with Gasteiger partial charge in [0.05, 0.1) is 5.56 Å². The molecule has 128 valence electrons. The second-order valence-electron chi connectivity index (χ2n) is 7.37. The topological polar surface area (TPSA) is 108 Å². The lowest BCUT2D eigenvalue weighted by molar-refractivity contribution is -0.118. The van der Waals surface area contributed by atoms with Crippen molar-refractivity contribution in [1.82, 2.24) is 15.0 Å². The lowest BCUT2D eigenvalue weighted by atomic mass is 9.69. The van der Waals surface area contributed by atoms with Crippen LogP contribution in [-0.2, 0) is 4.79 Å². The van der Waals surface area contributed by atoms with E-state index < -0.39 is 17.2 Å². The molecule has 2 aliphatic rings. The first-order valence-corrected chi connectivity index (χ1v) is 8.15. The first-order chi connectivity index (χ1) is 11.9. The molecule has 0 saturated carbocycles. The number of hydrogen-bond donors (Lipinski definition) is 3. The van der Waals surface area contributed by atoms with Crippen LogP contribution in [-0.4, -0.2) is 20.7 Å². The van der Waals surface area contributed by atoms with Crippen molar-refractivity contribution in [3.05, 3.63) is 67.8 Å². The maximum absolute atomic E-state index is 12.9. The van der Waals surface area contributed by atoms with Crippen molar-refractivity contribution >= 4 is 11.6 Å². The fourth-order valence-corrected chi connectivity index (χ4v) is 3.84. The van der Waals surface area contributed by atoms with Crippen LogP contribution in [0.1, 0.15) is 43.7 Å². The normalized spacial score (nSPS) is 21.4. The average molecular weight is 338 g/mol. The van der Waals surface area contributed by atoms with Gasteiger partial charge in [0.15, 0.2) is 5.78 Å². The molecule has 7 heteroatoms. The number of carbonyl (C=O) groups is 1. The molecule has 3 N–H and O–H groups in total. The predicted octanol–water partition coefficient (Wildman–Crippen LogP) is 1.66. The molecular weight excluding hydrogens is 320 g/mol. The van der Waals surface area contributed by atoms with Gasteiger partial charge in [0.25, 0.3) is 5.56 Å². The number of hydrogen-bond acceptors (Lipinski definition) is 5. The van der Waals surface area contributed by atoms with Crippen LogP contribution in [0.25, 0.3) is 0 Å². The Hall–Kier alpha value is -2.96. The number of nitrogens with one attached hydrogen (secondary N) is 3. The van der Waals surface area contributed by atoms with E-state index in [1.807, 2.05) is 13.8 Å². The Balaban J connectivity index is 2.01. The highest BCUT2D eigenvalue weighted by molar-refractivity contribution is 6.01. The summed E-state index contributed by atoms with van der Waals surface area (Å²) < 4.78 is 0. The van der Waals surface area contributed by atoms with E-state index in [4.69, 9.17) is 0 Å². The minimum Gasteiger partial charge on any atom is -0.344 e. The molecule has 0 unspecified atom stereocenters. The molecule has 1 atom stereocenters. The molecule has 3 heterocycles. The number of aromatic nitrogens is 3. The molecule has 1 aliphatic carbocycles. The van der Waals surface area contributed by atoms with Gasteiger partial charge in [0, 0.05) is 36.0 Å². The third-order valence-electron chi connectivity index (χ3n) is 4.79. The van der Waals surface area contributed by atoms with Gasteiger partial charge in [-0.3, -0.25) is 24.5 Å². The van der Waals surface area contributed by atoms with Crippen molar-refractivity contribution in [1.29, 1.82) is 0 Å². The third kappa shape index (κ3) is 2.52. The Morgan fingerprint density at radius 2 is 1.80 bits per heavy atom. The molecule has 1 aliphatic heterocycles. The Morgan fingerprint density at radius 1 is 1.08 bits per heavy atom. The maximum atomic E-state index is 12.9. The highest BCUT2D eigenvalue weighted by Gasteiger charge is 2.42. The van der Waals surface area contributed by atoms with Crippen LogP contribution < -0.4 is 16.6 Å². The summed E-state index contributed by atoms with van der Waals surface area (Å²) in [6.07, 6.45) is 4.36. The van der Waals surface area contributed by atoms with Crippen LogP contribution in [0, 0.1) is 5.41 Å². The van der Waals surface area contributed by atoms with Crippen LogP contribution in [0.5, 0.6) is 0 Å². The number of fused-ring (bicyclic) bond motifs is 1. The van der Waals surface area contributed by atoms with Gasteiger partial charge in [-0.15, -0.1) is 0 Å². The lowest BCUT2D eigenvalue weighted by Gasteiger charge is -2.38. The zero-order chi connectivity index (χ0) is 17.8. The fourth-order valence-electron chi connectivity index (χ4n) is 3.84. The molecule has 0 spiro atoms. The summed E-state index contributed by atoms with van der Waals surface area (Å²) >= 11 is 0.